The van der Waals surface area contributed by atoms with Crippen molar-refractivity contribution < 1.29 is 9.90 Å². The molecule has 0 fully saturated rings. The first kappa shape index (κ1) is 14.0. The quantitative estimate of drug-likeness (QED) is 0.383. The summed E-state index contributed by atoms with van der Waals surface area (Å²) in [5.41, 5.74) is 0.827. The molecule has 20 heavy (non-hydrogen) atoms. The Morgan fingerprint density at radius 1 is 1.05 bits per heavy atom. The Hall–Kier alpha value is -2.46. The van der Waals surface area contributed by atoms with Crippen LogP contribution in [0.1, 0.15) is 10.4 Å². The van der Waals surface area contributed by atoms with Crippen LogP contribution in [0.5, 0.6) is 0 Å². The lowest BCUT2D eigenvalue weighted by atomic mass is 10.1. The number of carbonyl (C=O) groups excluding carboxylic acids is 1. The van der Waals surface area contributed by atoms with Crippen LogP contribution in [0.2, 0.25) is 5.02 Å². The normalized spacial score (nSPS) is 11.8. The van der Waals surface area contributed by atoms with Crippen LogP contribution < -0.4 is 0 Å². The van der Waals surface area contributed by atoms with E-state index in [9.17, 15) is 4.79 Å². The van der Waals surface area contributed by atoms with E-state index in [4.69, 9.17) is 16.7 Å². The lowest BCUT2D eigenvalue weighted by Gasteiger charge is -2.00. The minimum atomic E-state index is -0.427. The molecule has 2 aromatic carbocycles. The highest BCUT2D eigenvalue weighted by Crippen LogP contribution is 2.16. The number of hydrogen-bond donors (Lipinski definition) is 1. The maximum absolute atomic E-state index is 12.1. The van der Waals surface area contributed by atoms with Gasteiger partial charge in [0.25, 0.3) is 0 Å². The van der Waals surface area contributed by atoms with Gasteiger partial charge in [0, 0.05) is 10.6 Å². The number of carbonyl (C=O) groups is 1. The van der Waals surface area contributed by atoms with Gasteiger partial charge in [0.1, 0.15) is 6.26 Å². The summed E-state index contributed by atoms with van der Waals surface area (Å²) < 4.78 is 0. The van der Waals surface area contributed by atoms with Crippen LogP contribution in [-0.4, -0.2) is 10.9 Å². The van der Waals surface area contributed by atoms with Crippen molar-refractivity contribution in [3.8, 4) is 0 Å². The first-order chi connectivity index (χ1) is 9.70. The summed E-state index contributed by atoms with van der Waals surface area (Å²) in [6, 6.07) is 15.3. The number of aliphatic hydroxyl groups is 1. The van der Waals surface area contributed by atoms with Gasteiger partial charge < -0.3 is 5.11 Å². The second-order valence-electron chi connectivity index (χ2n) is 3.89. The van der Waals surface area contributed by atoms with Crippen LogP contribution >= 0.6 is 11.6 Å². The minimum absolute atomic E-state index is 0.142. The fraction of sp³-hybridized carbons (Fsp3) is 0. The van der Waals surface area contributed by atoms with Crippen LogP contribution in [0.25, 0.3) is 0 Å². The Bertz CT molecular complexity index is 649. The Kier molecular flexibility index (Phi) is 4.63. The Balaban J connectivity index is 2.19. The maximum Gasteiger partial charge on any atom is 0.216 e. The number of nitrogens with zero attached hydrogens (tertiary/aromatic N) is 2. The number of benzene rings is 2. The van der Waals surface area contributed by atoms with Crippen molar-refractivity contribution in [2.75, 3.05) is 0 Å². The van der Waals surface area contributed by atoms with E-state index in [1.165, 1.54) is 0 Å². The summed E-state index contributed by atoms with van der Waals surface area (Å²) in [7, 11) is 0. The summed E-state index contributed by atoms with van der Waals surface area (Å²) in [4.78, 5) is 12.1. The highest BCUT2D eigenvalue weighted by Gasteiger charge is 2.12. The molecule has 0 aromatic heterocycles. The van der Waals surface area contributed by atoms with Crippen molar-refractivity contribution in [2.24, 2.45) is 10.2 Å². The molecule has 1 N–H and O–H groups in total. The lowest BCUT2D eigenvalue weighted by Crippen LogP contribution is -2.01. The van der Waals surface area contributed by atoms with Crippen LogP contribution in [0, 0.1) is 0 Å². The molecule has 0 bridgehead atoms. The monoisotopic (exact) mass is 286 g/mol. The molecule has 0 radical (unpaired) electrons. The largest absolute Gasteiger partial charge is 0.513 e. The van der Waals surface area contributed by atoms with Gasteiger partial charge in [-0.3, -0.25) is 4.79 Å². The van der Waals surface area contributed by atoms with Crippen molar-refractivity contribution in [3.05, 3.63) is 77.1 Å². The standard InChI is InChI=1S/C15H11ClN2O2/c16-12-8-6-11(7-9-12)15(20)14(10-19)18-17-13-4-2-1-3-5-13/h1-10,19H/b14-10+,18-17?. The highest BCUT2D eigenvalue weighted by atomic mass is 35.5. The van der Waals surface area contributed by atoms with Crippen molar-refractivity contribution in [1.29, 1.82) is 0 Å². The maximum atomic E-state index is 12.1. The van der Waals surface area contributed by atoms with Gasteiger partial charge in [-0.25, -0.2) is 0 Å². The van der Waals surface area contributed by atoms with E-state index >= 15 is 0 Å². The zero-order valence-corrected chi connectivity index (χ0v) is 11.2. The fourth-order valence-electron chi connectivity index (χ4n) is 1.49. The average molecular weight is 287 g/mol. The van der Waals surface area contributed by atoms with Crippen molar-refractivity contribution in [1.82, 2.24) is 0 Å². The third kappa shape index (κ3) is 3.52. The van der Waals surface area contributed by atoms with Crippen molar-refractivity contribution in [2.45, 2.75) is 0 Å². The molecule has 0 aliphatic rings. The molecule has 0 atom stereocenters. The molecule has 0 spiro atoms. The SMILES string of the molecule is O=C(/C(=C\O)N=Nc1ccccc1)c1ccc(Cl)cc1. The molecule has 0 unspecified atom stereocenters. The molecule has 100 valence electrons. The average Bonchev–Trinajstić information content (AvgIpc) is 2.49. The fourth-order valence-corrected chi connectivity index (χ4v) is 1.61. The lowest BCUT2D eigenvalue weighted by molar-refractivity contribution is 0.102. The third-order valence-corrected chi connectivity index (χ3v) is 2.74. The molecule has 0 aliphatic carbocycles. The molecule has 0 heterocycles. The van der Waals surface area contributed by atoms with E-state index in [2.05, 4.69) is 10.2 Å². The number of hydrogen-bond acceptors (Lipinski definition) is 4. The number of aliphatic hydroxyl groups excluding tert-OH is 1. The number of allylic oxidation sites excluding steroid dienone is 1. The van der Waals surface area contributed by atoms with Crippen LogP contribution in [0.15, 0.2) is 76.8 Å². The smallest absolute Gasteiger partial charge is 0.216 e. The molecular weight excluding hydrogens is 276 g/mol. The topological polar surface area (TPSA) is 62.0 Å². The van der Waals surface area contributed by atoms with Gasteiger partial charge in [0.05, 0.1) is 5.69 Å². The molecule has 2 aromatic rings. The number of Topliss-reactive ketones (excluding diaryl/α,β-unsaturated/α-hetero) is 1. The number of azo groups is 1. The predicted molar refractivity (Wildman–Crippen MR) is 77.5 cm³/mol. The third-order valence-electron chi connectivity index (χ3n) is 2.49. The van der Waals surface area contributed by atoms with Crippen molar-refractivity contribution >= 4 is 23.1 Å². The first-order valence-electron chi connectivity index (χ1n) is 5.82. The summed E-state index contributed by atoms with van der Waals surface area (Å²) in [5.74, 6) is -0.427. The van der Waals surface area contributed by atoms with Gasteiger partial charge in [-0.05, 0) is 36.4 Å². The minimum Gasteiger partial charge on any atom is -0.513 e. The Morgan fingerprint density at radius 2 is 1.70 bits per heavy atom. The number of rotatable bonds is 4. The van der Waals surface area contributed by atoms with E-state index < -0.39 is 5.78 Å². The highest BCUT2D eigenvalue weighted by molar-refractivity contribution is 6.30. The van der Waals surface area contributed by atoms with Gasteiger partial charge in [0.2, 0.25) is 5.78 Å². The van der Waals surface area contributed by atoms with E-state index in [-0.39, 0.29) is 5.70 Å². The second kappa shape index (κ2) is 6.63. The zero-order chi connectivity index (χ0) is 14.4. The molecular formula is C15H11ClN2O2. The molecule has 0 aliphatic heterocycles. The molecule has 0 saturated heterocycles. The number of halogens is 1. The first-order valence-corrected chi connectivity index (χ1v) is 6.20. The Labute approximate surface area is 121 Å². The molecule has 0 amide bonds. The van der Waals surface area contributed by atoms with Crippen molar-refractivity contribution in [3.63, 3.8) is 0 Å². The van der Waals surface area contributed by atoms with Gasteiger partial charge in [-0.2, -0.15) is 5.11 Å². The van der Waals surface area contributed by atoms with Gasteiger partial charge in [0.15, 0.2) is 5.70 Å². The predicted octanol–water partition coefficient (Wildman–Crippen LogP) is 4.71. The summed E-state index contributed by atoms with van der Waals surface area (Å²) in [6.07, 6.45) is 0.642. The molecule has 0 saturated carbocycles. The molecule has 2 rings (SSSR count). The van der Waals surface area contributed by atoms with E-state index in [0.29, 0.717) is 22.5 Å². The molecule has 4 nitrogen and oxygen atoms in total. The summed E-state index contributed by atoms with van der Waals surface area (Å²) in [5, 5.41) is 17.3. The summed E-state index contributed by atoms with van der Waals surface area (Å²) >= 11 is 5.75. The zero-order valence-electron chi connectivity index (χ0n) is 10.4. The van der Waals surface area contributed by atoms with E-state index in [1.807, 2.05) is 6.07 Å². The van der Waals surface area contributed by atoms with Crippen LogP contribution in [0.3, 0.4) is 0 Å². The summed E-state index contributed by atoms with van der Waals surface area (Å²) in [6.45, 7) is 0. The van der Waals surface area contributed by atoms with Gasteiger partial charge in [-0.1, -0.05) is 29.8 Å². The Morgan fingerprint density at radius 3 is 2.30 bits per heavy atom. The van der Waals surface area contributed by atoms with Crippen LogP contribution in [0.4, 0.5) is 5.69 Å². The molecule has 5 heteroatoms. The van der Waals surface area contributed by atoms with E-state index in [1.54, 1.807) is 48.5 Å². The second-order valence-corrected chi connectivity index (χ2v) is 4.32. The van der Waals surface area contributed by atoms with E-state index in [0.717, 1.165) is 0 Å². The number of ketones is 1. The van der Waals surface area contributed by atoms with Crippen LogP contribution in [-0.2, 0) is 0 Å². The van der Waals surface area contributed by atoms with Gasteiger partial charge in [-0.15, -0.1) is 5.11 Å². The van der Waals surface area contributed by atoms with Gasteiger partial charge >= 0.3 is 0 Å².